The first-order chi connectivity index (χ1) is 8.98. The third-order valence-corrected chi connectivity index (χ3v) is 3.58. The number of hydrogen-bond acceptors (Lipinski definition) is 4. The third kappa shape index (κ3) is 2.38. The molecule has 102 valence electrons. The van der Waals surface area contributed by atoms with Gasteiger partial charge in [0.1, 0.15) is 0 Å². The lowest BCUT2D eigenvalue weighted by Gasteiger charge is -2.22. The summed E-state index contributed by atoms with van der Waals surface area (Å²) in [7, 11) is 1.61. The molecule has 1 fully saturated rings. The Morgan fingerprint density at radius 1 is 1.53 bits per heavy atom. The van der Waals surface area contributed by atoms with E-state index < -0.39 is 5.41 Å². The molecule has 2 rings (SSSR count). The fourth-order valence-corrected chi connectivity index (χ4v) is 2.37. The number of amides is 2. The van der Waals surface area contributed by atoms with Gasteiger partial charge in [0.05, 0.1) is 11.1 Å². The van der Waals surface area contributed by atoms with E-state index in [1.54, 1.807) is 24.1 Å². The van der Waals surface area contributed by atoms with Gasteiger partial charge in [-0.05, 0) is 25.5 Å². The fourth-order valence-electron chi connectivity index (χ4n) is 2.37. The van der Waals surface area contributed by atoms with Crippen molar-refractivity contribution in [2.45, 2.75) is 13.3 Å². The van der Waals surface area contributed by atoms with Crippen LogP contribution in [0.4, 0.5) is 5.69 Å². The highest BCUT2D eigenvalue weighted by Crippen LogP contribution is 2.31. The van der Waals surface area contributed by atoms with Crippen molar-refractivity contribution in [2.24, 2.45) is 5.41 Å². The molecule has 0 aromatic carbocycles. The summed E-state index contributed by atoms with van der Waals surface area (Å²) in [6.07, 6.45) is 2.18. The first-order valence-corrected chi connectivity index (χ1v) is 6.20. The Labute approximate surface area is 112 Å². The Morgan fingerprint density at radius 3 is 2.89 bits per heavy atom. The average Bonchev–Trinajstić information content (AvgIpc) is 2.81. The quantitative estimate of drug-likeness (QED) is 0.800. The molecular formula is C13H18N4O2. The zero-order valence-electron chi connectivity index (χ0n) is 11.1. The maximum atomic E-state index is 12.3. The van der Waals surface area contributed by atoms with Crippen LogP contribution < -0.4 is 11.1 Å². The Hall–Kier alpha value is -2.11. The largest absolute Gasteiger partial charge is 0.397 e. The number of aromatic nitrogens is 1. The summed E-state index contributed by atoms with van der Waals surface area (Å²) >= 11 is 0. The molecule has 0 radical (unpaired) electrons. The van der Waals surface area contributed by atoms with Gasteiger partial charge in [-0.2, -0.15) is 0 Å². The fraction of sp³-hybridized carbons (Fsp3) is 0.462. The van der Waals surface area contributed by atoms with Gasteiger partial charge in [0, 0.05) is 26.3 Å². The van der Waals surface area contributed by atoms with Crippen LogP contribution in [0.2, 0.25) is 0 Å². The molecule has 6 nitrogen and oxygen atoms in total. The van der Waals surface area contributed by atoms with E-state index in [0.29, 0.717) is 25.2 Å². The van der Waals surface area contributed by atoms with Gasteiger partial charge in [-0.25, -0.2) is 4.98 Å². The highest BCUT2D eigenvalue weighted by Gasteiger charge is 2.42. The minimum absolute atomic E-state index is 0.0446. The summed E-state index contributed by atoms with van der Waals surface area (Å²) in [5.74, 6) is -0.262. The molecule has 2 heterocycles. The summed E-state index contributed by atoms with van der Waals surface area (Å²) in [6, 6.07) is 3.33. The summed E-state index contributed by atoms with van der Waals surface area (Å²) in [5, 5.41) is 2.64. The minimum Gasteiger partial charge on any atom is -0.397 e. The van der Waals surface area contributed by atoms with Crippen molar-refractivity contribution < 1.29 is 9.59 Å². The lowest BCUT2D eigenvalue weighted by Crippen LogP contribution is -2.40. The summed E-state index contributed by atoms with van der Waals surface area (Å²) in [6.45, 7) is 2.79. The van der Waals surface area contributed by atoms with Crippen molar-refractivity contribution in [3.05, 3.63) is 24.0 Å². The SMILES string of the molecule is CNC(=O)C1(C)CCN(C(=O)c2ncccc2N)C1. The molecule has 0 aliphatic carbocycles. The van der Waals surface area contributed by atoms with Crippen molar-refractivity contribution in [2.75, 3.05) is 25.9 Å². The minimum atomic E-state index is -0.534. The Morgan fingerprint density at radius 2 is 2.26 bits per heavy atom. The monoisotopic (exact) mass is 262 g/mol. The van der Waals surface area contributed by atoms with Crippen LogP contribution in [0.3, 0.4) is 0 Å². The van der Waals surface area contributed by atoms with E-state index >= 15 is 0 Å². The van der Waals surface area contributed by atoms with Crippen LogP contribution in [-0.2, 0) is 4.79 Å². The van der Waals surface area contributed by atoms with Gasteiger partial charge in [0.15, 0.2) is 5.69 Å². The molecule has 1 aromatic heterocycles. The lowest BCUT2D eigenvalue weighted by molar-refractivity contribution is -0.128. The number of anilines is 1. The Bertz CT molecular complexity index is 517. The number of hydrogen-bond donors (Lipinski definition) is 2. The van der Waals surface area contributed by atoms with Crippen LogP contribution in [0.5, 0.6) is 0 Å². The van der Waals surface area contributed by atoms with E-state index in [1.807, 2.05) is 6.92 Å². The van der Waals surface area contributed by atoms with Crippen LogP contribution in [0.1, 0.15) is 23.8 Å². The van der Waals surface area contributed by atoms with E-state index in [9.17, 15) is 9.59 Å². The van der Waals surface area contributed by atoms with Gasteiger partial charge >= 0.3 is 0 Å². The number of nitrogens with zero attached hydrogens (tertiary/aromatic N) is 2. The molecule has 2 amide bonds. The summed E-state index contributed by atoms with van der Waals surface area (Å²) in [4.78, 5) is 29.8. The molecule has 0 saturated carbocycles. The van der Waals surface area contributed by atoms with Gasteiger partial charge in [-0.15, -0.1) is 0 Å². The third-order valence-electron chi connectivity index (χ3n) is 3.58. The van der Waals surface area contributed by atoms with Crippen LogP contribution in [0.25, 0.3) is 0 Å². The summed E-state index contributed by atoms with van der Waals surface area (Å²) in [5.41, 5.74) is 5.84. The Kier molecular flexibility index (Phi) is 3.42. The van der Waals surface area contributed by atoms with Gasteiger partial charge in [0.25, 0.3) is 5.91 Å². The number of nitrogens with two attached hydrogens (primary N) is 1. The number of rotatable bonds is 2. The lowest BCUT2D eigenvalue weighted by atomic mass is 9.89. The molecule has 19 heavy (non-hydrogen) atoms. The first-order valence-electron chi connectivity index (χ1n) is 6.20. The van der Waals surface area contributed by atoms with Gasteiger partial charge in [0.2, 0.25) is 5.91 Å². The first kappa shape index (κ1) is 13.3. The van der Waals surface area contributed by atoms with Crippen LogP contribution in [0, 0.1) is 5.41 Å². The van der Waals surface area contributed by atoms with Crippen molar-refractivity contribution >= 4 is 17.5 Å². The van der Waals surface area contributed by atoms with Crippen molar-refractivity contribution in [3.8, 4) is 0 Å². The molecular weight excluding hydrogens is 244 g/mol. The maximum Gasteiger partial charge on any atom is 0.274 e. The van der Waals surface area contributed by atoms with E-state index in [-0.39, 0.29) is 17.5 Å². The van der Waals surface area contributed by atoms with Gasteiger partial charge in [-0.1, -0.05) is 0 Å². The molecule has 1 aliphatic rings. The van der Waals surface area contributed by atoms with E-state index in [4.69, 9.17) is 5.73 Å². The second-order valence-corrected chi connectivity index (χ2v) is 5.06. The van der Waals surface area contributed by atoms with Crippen molar-refractivity contribution in [3.63, 3.8) is 0 Å². The average molecular weight is 262 g/mol. The molecule has 1 saturated heterocycles. The molecule has 1 aliphatic heterocycles. The van der Waals surface area contributed by atoms with Crippen molar-refractivity contribution in [1.82, 2.24) is 15.2 Å². The highest BCUT2D eigenvalue weighted by molar-refractivity contribution is 5.97. The van der Waals surface area contributed by atoms with Crippen molar-refractivity contribution in [1.29, 1.82) is 0 Å². The number of likely N-dealkylation sites (tertiary alicyclic amines) is 1. The van der Waals surface area contributed by atoms with E-state index in [0.717, 1.165) is 0 Å². The zero-order valence-corrected chi connectivity index (χ0v) is 11.1. The molecule has 3 N–H and O–H groups in total. The zero-order chi connectivity index (χ0) is 14.0. The van der Waals surface area contributed by atoms with E-state index in [2.05, 4.69) is 10.3 Å². The normalized spacial score (nSPS) is 22.3. The predicted molar refractivity (Wildman–Crippen MR) is 71.3 cm³/mol. The van der Waals surface area contributed by atoms with E-state index in [1.165, 1.54) is 6.20 Å². The molecule has 1 atom stereocenters. The van der Waals surface area contributed by atoms with Crippen LogP contribution in [0.15, 0.2) is 18.3 Å². The van der Waals surface area contributed by atoms with Crippen LogP contribution in [-0.4, -0.2) is 41.8 Å². The topological polar surface area (TPSA) is 88.3 Å². The second kappa shape index (κ2) is 4.87. The molecule has 0 bridgehead atoms. The molecule has 1 unspecified atom stereocenters. The second-order valence-electron chi connectivity index (χ2n) is 5.06. The smallest absolute Gasteiger partial charge is 0.274 e. The molecule has 1 aromatic rings. The number of nitrogens with one attached hydrogen (secondary N) is 1. The number of pyridine rings is 1. The maximum absolute atomic E-state index is 12.3. The van der Waals surface area contributed by atoms with Crippen LogP contribution >= 0.6 is 0 Å². The molecule has 0 spiro atoms. The number of carbonyl (C=O) groups is 2. The predicted octanol–water partition coefficient (Wildman–Crippen LogP) is 0.262. The van der Waals surface area contributed by atoms with Gasteiger partial charge < -0.3 is 16.0 Å². The number of carbonyl (C=O) groups excluding carboxylic acids is 2. The Balaban J connectivity index is 2.16. The van der Waals surface area contributed by atoms with Gasteiger partial charge in [-0.3, -0.25) is 9.59 Å². The highest BCUT2D eigenvalue weighted by atomic mass is 16.2. The molecule has 6 heteroatoms. The number of nitrogen functional groups attached to an aromatic ring is 1. The summed E-state index contributed by atoms with van der Waals surface area (Å²) < 4.78 is 0. The standard InChI is InChI=1S/C13H18N4O2/c1-13(12(19)15-2)5-7-17(8-13)11(18)10-9(14)4-3-6-16-10/h3-4,6H,5,7-8,14H2,1-2H3,(H,15,19).